The number of carbonyl (C=O) groups is 2. The molecule has 0 aliphatic heterocycles. The minimum atomic E-state index is -1.05. The highest BCUT2D eigenvalue weighted by Crippen LogP contribution is 2.10. The van der Waals surface area contributed by atoms with Crippen molar-refractivity contribution in [3.63, 3.8) is 0 Å². The second-order valence-corrected chi connectivity index (χ2v) is 4.39. The summed E-state index contributed by atoms with van der Waals surface area (Å²) < 4.78 is 5.02. The molecule has 5 heteroatoms. The monoisotopic (exact) mass is 229 g/mol. The van der Waals surface area contributed by atoms with Crippen LogP contribution in [-0.2, 0) is 9.53 Å². The molecule has 0 aliphatic rings. The number of carbonyl (C=O) groups excluding carboxylic acids is 1. The van der Waals surface area contributed by atoms with Crippen LogP contribution in [0.5, 0.6) is 0 Å². The Morgan fingerprint density at radius 3 is 2.12 bits per heavy atom. The van der Waals surface area contributed by atoms with Gasteiger partial charge in [-0.2, -0.15) is 0 Å². The van der Waals surface area contributed by atoms with E-state index in [4.69, 9.17) is 9.84 Å². The van der Waals surface area contributed by atoms with Crippen LogP contribution in [0.3, 0.4) is 0 Å². The molecule has 0 radical (unpaired) electrons. The zero-order chi connectivity index (χ0) is 12.9. The van der Waals surface area contributed by atoms with Crippen molar-refractivity contribution in [1.29, 1.82) is 0 Å². The van der Waals surface area contributed by atoms with Crippen LogP contribution in [0.4, 0.5) is 4.79 Å². The maximum atomic E-state index is 11.4. The predicted molar refractivity (Wildman–Crippen MR) is 60.0 cm³/mol. The van der Waals surface area contributed by atoms with E-state index in [0.717, 1.165) is 0 Å². The third-order valence-corrected chi connectivity index (χ3v) is 1.78. The molecule has 0 saturated heterocycles. The molecule has 0 fully saturated rings. The highest BCUT2D eigenvalue weighted by atomic mass is 16.6. The number of carboxylic acids is 1. The number of aliphatic carboxylic acids is 1. The number of hydrogen-bond donors (Lipinski definition) is 2. The van der Waals surface area contributed by atoms with Crippen molar-refractivity contribution in [3.05, 3.63) is 11.3 Å². The lowest BCUT2D eigenvalue weighted by Crippen LogP contribution is -2.32. The van der Waals surface area contributed by atoms with E-state index in [1.165, 1.54) is 6.92 Å². The molecular formula is C11H19NO4. The molecule has 0 aromatic heterocycles. The standard InChI is InChI=1S/C11H19NO4/c1-6-8(7(2)9(13)14)12-10(15)16-11(3,4)5/h6H2,1-5H3,(H,12,15)(H,13,14)/b8-7+. The minimum absolute atomic E-state index is 0.119. The van der Waals surface area contributed by atoms with Crippen molar-refractivity contribution in [2.45, 2.75) is 46.6 Å². The minimum Gasteiger partial charge on any atom is -0.478 e. The first-order valence-corrected chi connectivity index (χ1v) is 5.10. The molecule has 0 bridgehead atoms. The van der Waals surface area contributed by atoms with Gasteiger partial charge in [-0.05, 0) is 34.1 Å². The van der Waals surface area contributed by atoms with Gasteiger partial charge in [0.25, 0.3) is 0 Å². The largest absolute Gasteiger partial charge is 0.478 e. The average Bonchev–Trinajstić information content (AvgIpc) is 2.09. The van der Waals surface area contributed by atoms with Crippen LogP contribution in [-0.4, -0.2) is 22.8 Å². The molecule has 0 aliphatic carbocycles. The van der Waals surface area contributed by atoms with E-state index in [9.17, 15) is 9.59 Å². The summed E-state index contributed by atoms with van der Waals surface area (Å²) in [6.07, 6.45) is -0.206. The second-order valence-electron chi connectivity index (χ2n) is 4.39. The summed E-state index contributed by atoms with van der Waals surface area (Å²) in [6.45, 7) is 8.43. The van der Waals surface area contributed by atoms with Crippen LogP contribution >= 0.6 is 0 Å². The Hall–Kier alpha value is -1.52. The Morgan fingerprint density at radius 2 is 1.81 bits per heavy atom. The van der Waals surface area contributed by atoms with Crippen LogP contribution < -0.4 is 5.32 Å². The summed E-state index contributed by atoms with van der Waals surface area (Å²) >= 11 is 0. The highest BCUT2D eigenvalue weighted by molar-refractivity contribution is 5.87. The smallest absolute Gasteiger partial charge is 0.411 e. The van der Waals surface area contributed by atoms with Crippen LogP contribution in [0.2, 0.25) is 0 Å². The van der Waals surface area contributed by atoms with Gasteiger partial charge in [0.1, 0.15) is 5.60 Å². The summed E-state index contributed by atoms with van der Waals surface area (Å²) in [5.41, 5.74) is -0.116. The van der Waals surface area contributed by atoms with E-state index in [2.05, 4.69) is 5.32 Å². The van der Waals surface area contributed by atoms with E-state index in [0.29, 0.717) is 12.1 Å². The van der Waals surface area contributed by atoms with Gasteiger partial charge < -0.3 is 9.84 Å². The number of rotatable bonds is 3. The average molecular weight is 229 g/mol. The quantitative estimate of drug-likeness (QED) is 0.728. The van der Waals surface area contributed by atoms with E-state index in [1.54, 1.807) is 27.7 Å². The van der Waals surface area contributed by atoms with Gasteiger partial charge in [0.05, 0.1) is 5.57 Å². The Kier molecular flexibility index (Phi) is 5.01. The van der Waals surface area contributed by atoms with Gasteiger partial charge in [0.15, 0.2) is 0 Å². The second kappa shape index (κ2) is 5.53. The molecule has 92 valence electrons. The van der Waals surface area contributed by atoms with Gasteiger partial charge in [-0.15, -0.1) is 0 Å². The van der Waals surface area contributed by atoms with Crippen LogP contribution in [0, 0.1) is 0 Å². The van der Waals surface area contributed by atoms with E-state index >= 15 is 0 Å². The number of carboxylic acid groups (broad SMARTS) is 1. The number of alkyl carbamates (subject to hydrolysis) is 1. The fraction of sp³-hybridized carbons (Fsp3) is 0.636. The maximum absolute atomic E-state index is 11.4. The molecule has 0 heterocycles. The Morgan fingerprint density at radius 1 is 1.31 bits per heavy atom. The zero-order valence-electron chi connectivity index (χ0n) is 10.4. The first-order valence-electron chi connectivity index (χ1n) is 5.10. The molecule has 0 saturated carbocycles. The molecule has 16 heavy (non-hydrogen) atoms. The van der Waals surface area contributed by atoms with Gasteiger partial charge in [0.2, 0.25) is 0 Å². The molecule has 0 unspecified atom stereocenters. The third-order valence-electron chi connectivity index (χ3n) is 1.78. The van der Waals surface area contributed by atoms with Crippen LogP contribution in [0.25, 0.3) is 0 Å². The molecule has 0 aromatic carbocycles. The molecule has 0 spiro atoms. The van der Waals surface area contributed by atoms with E-state index in [1.807, 2.05) is 0 Å². The Labute approximate surface area is 95.5 Å². The summed E-state index contributed by atoms with van der Waals surface area (Å²) in [5.74, 6) is -1.05. The first kappa shape index (κ1) is 14.5. The van der Waals surface area contributed by atoms with Crippen molar-refractivity contribution in [1.82, 2.24) is 5.32 Å². The van der Waals surface area contributed by atoms with Gasteiger partial charge in [-0.25, -0.2) is 9.59 Å². The third kappa shape index (κ3) is 5.38. The lowest BCUT2D eigenvalue weighted by Gasteiger charge is -2.20. The van der Waals surface area contributed by atoms with Gasteiger partial charge in [-0.3, -0.25) is 5.32 Å². The normalized spacial score (nSPS) is 12.8. The number of allylic oxidation sites excluding steroid dienone is 1. The van der Waals surface area contributed by atoms with Gasteiger partial charge >= 0.3 is 12.1 Å². The molecule has 1 amide bonds. The number of nitrogens with one attached hydrogen (secondary N) is 1. The fourth-order valence-corrected chi connectivity index (χ4v) is 1.00. The van der Waals surface area contributed by atoms with Crippen molar-refractivity contribution in [2.24, 2.45) is 0 Å². The van der Waals surface area contributed by atoms with Crippen LogP contribution in [0.1, 0.15) is 41.0 Å². The van der Waals surface area contributed by atoms with Gasteiger partial charge in [-0.1, -0.05) is 6.92 Å². The molecule has 0 aromatic rings. The molecular weight excluding hydrogens is 210 g/mol. The lowest BCUT2D eigenvalue weighted by molar-refractivity contribution is -0.132. The zero-order valence-corrected chi connectivity index (χ0v) is 10.4. The van der Waals surface area contributed by atoms with Crippen molar-refractivity contribution in [3.8, 4) is 0 Å². The summed E-state index contributed by atoms with van der Waals surface area (Å²) in [5, 5.41) is 11.2. The van der Waals surface area contributed by atoms with Gasteiger partial charge in [0, 0.05) is 5.70 Å². The molecule has 5 nitrogen and oxygen atoms in total. The lowest BCUT2D eigenvalue weighted by atomic mass is 10.2. The van der Waals surface area contributed by atoms with Crippen molar-refractivity contribution in [2.75, 3.05) is 0 Å². The SMILES string of the molecule is CC/C(NC(=O)OC(C)(C)C)=C(/C)C(=O)O. The molecule has 0 atom stereocenters. The molecule has 2 N–H and O–H groups in total. The Balaban J connectivity index is 4.64. The van der Waals surface area contributed by atoms with Crippen LogP contribution in [0.15, 0.2) is 11.3 Å². The summed E-state index contributed by atoms with van der Waals surface area (Å²) in [4.78, 5) is 22.1. The number of hydrogen-bond acceptors (Lipinski definition) is 3. The van der Waals surface area contributed by atoms with E-state index < -0.39 is 17.7 Å². The van der Waals surface area contributed by atoms with Crippen molar-refractivity contribution < 1.29 is 19.4 Å². The number of ether oxygens (including phenoxy) is 1. The first-order chi connectivity index (χ1) is 7.17. The van der Waals surface area contributed by atoms with Crippen molar-refractivity contribution >= 4 is 12.1 Å². The fourth-order valence-electron chi connectivity index (χ4n) is 1.00. The predicted octanol–water partition coefficient (Wildman–Crippen LogP) is 2.28. The molecule has 0 rings (SSSR count). The summed E-state index contributed by atoms with van der Waals surface area (Å²) in [7, 11) is 0. The number of amides is 1. The highest BCUT2D eigenvalue weighted by Gasteiger charge is 2.18. The van der Waals surface area contributed by atoms with E-state index in [-0.39, 0.29) is 5.57 Å². The summed E-state index contributed by atoms with van der Waals surface area (Å²) in [6, 6.07) is 0. The Bertz CT molecular complexity index is 312. The maximum Gasteiger partial charge on any atom is 0.411 e. The topological polar surface area (TPSA) is 75.6 Å².